The van der Waals surface area contributed by atoms with Gasteiger partial charge in [0.2, 0.25) is 10.0 Å². The Balaban J connectivity index is 1.74. The van der Waals surface area contributed by atoms with Gasteiger partial charge in [-0.3, -0.25) is 0 Å². The summed E-state index contributed by atoms with van der Waals surface area (Å²) < 4.78 is 32.4. The van der Waals surface area contributed by atoms with Crippen LogP contribution in [0.3, 0.4) is 0 Å². The Bertz CT molecular complexity index is 936. The van der Waals surface area contributed by atoms with E-state index in [2.05, 4.69) is 0 Å². The molecule has 0 bridgehead atoms. The van der Waals surface area contributed by atoms with Crippen LogP contribution in [0.5, 0.6) is 5.75 Å². The number of ether oxygens (including phenoxy) is 1. The van der Waals surface area contributed by atoms with Crippen molar-refractivity contribution in [2.24, 2.45) is 0 Å². The van der Waals surface area contributed by atoms with Crippen molar-refractivity contribution in [3.05, 3.63) is 59.7 Å². The number of carbonyl (C=O) groups is 1. The number of sulfonamides is 1. The molecule has 8 heteroatoms. The molecular formula is C20H23NO4S3. The van der Waals surface area contributed by atoms with Gasteiger partial charge in [-0.2, -0.15) is 4.31 Å². The summed E-state index contributed by atoms with van der Waals surface area (Å²) in [6.45, 7) is 3.59. The van der Waals surface area contributed by atoms with Crippen molar-refractivity contribution in [2.45, 2.75) is 29.4 Å². The van der Waals surface area contributed by atoms with Gasteiger partial charge in [0.1, 0.15) is 5.75 Å². The highest BCUT2D eigenvalue weighted by Gasteiger charge is 2.24. The van der Waals surface area contributed by atoms with Gasteiger partial charge < -0.3 is 4.74 Å². The van der Waals surface area contributed by atoms with E-state index in [4.69, 9.17) is 4.74 Å². The molecule has 0 amide bonds. The number of nitrogens with zero attached hydrogens (tertiary/aromatic N) is 1. The summed E-state index contributed by atoms with van der Waals surface area (Å²) in [7, 11) is -2.14. The monoisotopic (exact) mass is 437 g/mol. The molecule has 1 aliphatic heterocycles. The Kier molecular flexibility index (Phi) is 6.75. The van der Waals surface area contributed by atoms with Crippen LogP contribution in [0.25, 0.3) is 0 Å². The molecule has 1 heterocycles. The van der Waals surface area contributed by atoms with Crippen LogP contribution in [-0.2, 0) is 10.0 Å². The van der Waals surface area contributed by atoms with Crippen molar-refractivity contribution in [3.8, 4) is 5.75 Å². The summed E-state index contributed by atoms with van der Waals surface area (Å²) in [4.78, 5) is 12.6. The molecule has 3 rings (SSSR count). The lowest BCUT2D eigenvalue weighted by Crippen LogP contribution is -2.33. The summed E-state index contributed by atoms with van der Waals surface area (Å²) >= 11 is 3.83. The molecule has 0 aromatic heterocycles. The highest BCUT2D eigenvalue weighted by atomic mass is 32.2. The van der Waals surface area contributed by atoms with Crippen molar-refractivity contribution in [1.29, 1.82) is 0 Å². The van der Waals surface area contributed by atoms with Gasteiger partial charge in [-0.1, -0.05) is 18.2 Å². The zero-order chi connectivity index (χ0) is 20.3. The first-order valence-corrected chi connectivity index (χ1v) is 12.5. The molecule has 0 radical (unpaired) electrons. The van der Waals surface area contributed by atoms with Crippen LogP contribution >= 0.6 is 23.5 Å². The van der Waals surface area contributed by atoms with Crippen molar-refractivity contribution >= 4 is 39.5 Å². The number of hydrogen-bond donors (Lipinski definition) is 0. The van der Waals surface area contributed by atoms with E-state index in [1.165, 1.54) is 29.0 Å². The molecule has 1 fully saturated rings. The van der Waals surface area contributed by atoms with Crippen molar-refractivity contribution in [2.75, 3.05) is 18.6 Å². The fourth-order valence-electron chi connectivity index (χ4n) is 2.64. The van der Waals surface area contributed by atoms with E-state index >= 15 is 0 Å². The van der Waals surface area contributed by atoms with Crippen molar-refractivity contribution < 1.29 is 17.9 Å². The molecule has 150 valence electrons. The molecule has 5 nitrogen and oxygen atoms in total. The molecule has 0 atom stereocenters. The predicted molar refractivity (Wildman–Crippen MR) is 116 cm³/mol. The largest absolute Gasteiger partial charge is 0.423 e. The summed E-state index contributed by atoms with van der Waals surface area (Å²) in [6, 6.07) is 13.3. The van der Waals surface area contributed by atoms with E-state index in [-0.39, 0.29) is 16.5 Å². The maximum absolute atomic E-state index is 12.6. The van der Waals surface area contributed by atoms with Gasteiger partial charge in [-0.15, -0.1) is 23.5 Å². The molecule has 1 saturated heterocycles. The zero-order valence-corrected chi connectivity index (χ0v) is 18.4. The van der Waals surface area contributed by atoms with E-state index in [1.54, 1.807) is 38.1 Å². The molecule has 28 heavy (non-hydrogen) atoms. The fourth-order valence-corrected chi connectivity index (χ4v) is 6.91. The van der Waals surface area contributed by atoms with Gasteiger partial charge in [0.15, 0.2) is 0 Å². The van der Waals surface area contributed by atoms with Crippen LogP contribution < -0.4 is 4.74 Å². The van der Waals surface area contributed by atoms with Gasteiger partial charge >= 0.3 is 5.97 Å². The fraction of sp³-hybridized carbons (Fsp3) is 0.350. The number of rotatable bonds is 6. The second kappa shape index (κ2) is 8.90. The lowest BCUT2D eigenvalue weighted by atomic mass is 10.2. The van der Waals surface area contributed by atoms with E-state index < -0.39 is 16.0 Å². The van der Waals surface area contributed by atoms with E-state index in [1.807, 2.05) is 35.7 Å². The third-order valence-corrected chi connectivity index (χ3v) is 9.59. The highest BCUT2D eigenvalue weighted by molar-refractivity contribution is 8.19. The number of esters is 1. The third-order valence-electron chi connectivity index (χ3n) is 4.46. The summed E-state index contributed by atoms with van der Waals surface area (Å²) in [5.74, 6) is 2.16. The molecule has 0 aliphatic carbocycles. The van der Waals surface area contributed by atoms with Crippen molar-refractivity contribution in [3.63, 3.8) is 0 Å². The normalized spacial score (nSPS) is 15.3. The van der Waals surface area contributed by atoms with Crippen LogP contribution in [0.15, 0.2) is 53.4 Å². The van der Waals surface area contributed by atoms with Crippen LogP contribution in [0.1, 0.15) is 34.4 Å². The first kappa shape index (κ1) is 21.2. The molecule has 2 aromatic rings. The summed E-state index contributed by atoms with van der Waals surface area (Å²) in [5, 5.41) is 0. The van der Waals surface area contributed by atoms with Crippen molar-refractivity contribution in [1.82, 2.24) is 4.31 Å². The van der Waals surface area contributed by atoms with Crippen LogP contribution in [0, 0.1) is 0 Å². The molecule has 0 N–H and O–H groups in total. The number of carbonyl (C=O) groups excluding carboxylic acids is 1. The van der Waals surface area contributed by atoms with Crippen LogP contribution in [-0.4, -0.2) is 43.3 Å². The standard InChI is InChI=1S/C20H23NO4S3/c1-14(2)21(3)28(23,24)18-6-4-5-16(13-18)19(22)25-17-9-7-15(8-10-17)20-26-11-12-27-20/h4-10,13-14,20H,11-12H2,1-3H3. The maximum Gasteiger partial charge on any atom is 0.343 e. The third kappa shape index (κ3) is 4.74. The molecular weight excluding hydrogens is 414 g/mol. The minimum atomic E-state index is -3.66. The van der Waals surface area contributed by atoms with Crippen LogP contribution in [0.2, 0.25) is 0 Å². The van der Waals surface area contributed by atoms with Gasteiger partial charge in [0.25, 0.3) is 0 Å². The van der Waals surface area contributed by atoms with Gasteiger partial charge in [-0.25, -0.2) is 13.2 Å². The Morgan fingerprint density at radius 2 is 1.75 bits per heavy atom. The molecule has 2 aromatic carbocycles. The highest BCUT2D eigenvalue weighted by Crippen LogP contribution is 2.45. The summed E-state index contributed by atoms with van der Waals surface area (Å²) in [6.07, 6.45) is 0. The Hall–Kier alpha value is -1.48. The van der Waals surface area contributed by atoms with Gasteiger partial charge in [0.05, 0.1) is 15.0 Å². The number of thioether (sulfide) groups is 2. The SMILES string of the molecule is CC(C)N(C)S(=O)(=O)c1cccc(C(=O)Oc2ccc(C3SCCS3)cc2)c1. The lowest BCUT2D eigenvalue weighted by Gasteiger charge is -2.21. The molecule has 1 aliphatic rings. The minimum absolute atomic E-state index is 0.0729. The second-order valence-corrected chi connectivity index (χ2v) is 11.4. The topological polar surface area (TPSA) is 63.7 Å². The molecule has 0 unspecified atom stereocenters. The second-order valence-electron chi connectivity index (χ2n) is 6.67. The Morgan fingerprint density at radius 1 is 1.11 bits per heavy atom. The number of hydrogen-bond acceptors (Lipinski definition) is 6. The first-order chi connectivity index (χ1) is 13.3. The van der Waals surface area contributed by atoms with Gasteiger partial charge in [-0.05, 0) is 49.7 Å². The lowest BCUT2D eigenvalue weighted by molar-refractivity contribution is 0.0734. The Morgan fingerprint density at radius 3 is 2.36 bits per heavy atom. The molecule has 0 spiro atoms. The van der Waals surface area contributed by atoms with E-state index in [0.29, 0.717) is 10.3 Å². The zero-order valence-electron chi connectivity index (χ0n) is 16.0. The average molecular weight is 438 g/mol. The average Bonchev–Trinajstić information content (AvgIpc) is 3.22. The smallest absolute Gasteiger partial charge is 0.343 e. The van der Waals surface area contributed by atoms with E-state index in [9.17, 15) is 13.2 Å². The minimum Gasteiger partial charge on any atom is -0.423 e. The number of benzene rings is 2. The Labute approximate surface area is 174 Å². The van der Waals surface area contributed by atoms with E-state index in [0.717, 1.165) is 11.5 Å². The van der Waals surface area contributed by atoms with Gasteiger partial charge in [0, 0.05) is 24.6 Å². The maximum atomic E-state index is 12.6. The van der Waals surface area contributed by atoms with Crippen LogP contribution in [0.4, 0.5) is 0 Å². The molecule has 0 saturated carbocycles. The predicted octanol–water partition coefficient (Wildman–Crippen LogP) is 4.41. The first-order valence-electron chi connectivity index (χ1n) is 8.92. The quantitative estimate of drug-likeness (QED) is 0.493. The summed E-state index contributed by atoms with van der Waals surface area (Å²) in [5.41, 5.74) is 1.40.